The molecule has 2 fully saturated rings. The third kappa shape index (κ3) is 4.65. The first-order valence-corrected chi connectivity index (χ1v) is 15.0. The maximum Gasteiger partial charge on any atom is 0.318 e. The van der Waals surface area contributed by atoms with Gasteiger partial charge in [-0.25, -0.2) is 0 Å². The van der Waals surface area contributed by atoms with Crippen molar-refractivity contribution in [2.24, 2.45) is 0 Å². The molecule has 1 N–H and O–H groups in total. The highest BCUT2D eigenvalue weighted by Crippen LogP contribution is 2.39. The normalized spacial score (nSPS) is 22.8. The molecule has 0 spiro atoms. The van der Waals surface area contributed by atoms with Gasteiger partial charge in [-0.05, 0) is 74.7 Å². The topological polar surface area (TPSA) is 80.5 Å². The molecule has 40 heavy (non-hydrogen) atoms. The van der Waals surface area contributed by atoms with Crippen LogP contribution in [0, 0.1) is 11.3 Å². The van der Waals surface area contributed by atoms with E-state index in [2.05, 4.69) is 63.5 Å². The molecule has 208 valence electrons. The fourth-order valence-electron chi connectivity index (χ4n) is 7.30. The molecule has 3 aliphatic heterocycles. The van der Waals surface area contributed by atoms with Crippen molar-refractivity contribution in [3.05, 3.63) is 52.7 Å². The Bertz CT molecular complexity index is 1450. The smallest absolute Gasteiger partial charge is 0.318 e. The summed E-state index contributed by atoms with van der Waals surface area (Å²) in [7, 11) is 2.17. The molecular weight excluding hydrogens is 498 g/mol. The second-order valence-electron chi connectivity index (χ2n) is 11.9. The van der Waals surface area contributed by atoms with E-state index in [1.54, 1.807) is 0 Å². The molecular formula is C32H39N7O. The van der Waals surface area contributed by atoms with Crippen molar-refractivity contribution in [2.45, 2.75) is 63.6 Å². The lowest BCUT2D eigenvalue weighted by molar-refractivity contribution is 0.187. The molecule has 1 aliphatic carbocycles. The molecule has 1 aromatic heterocycles. The van der Waals surface area contributed by atoms with Gasteiger partial charge in [0.2, 0.25) is 0 Å². The molecule has 4 heterocycles. The van der Waals surface area contributed by atoms with E-state index in [0.717, 1.165) is 70.0 Å². The number of likely N-dealkylation sites (N-methyl/N-ethyl adjacent to an activating group) is 1. The molecule has 4 aliphatic rings. The van der Waals surface area contributed by atoms with E-state index in [1.807, 2.05) is 0 Å². The number of rotatable bonds is 6. The summed E-state index contributed by atoms with van der Waals surface area (Å²) in [6, 6.07) is 14.7. The summed E-state index contributed by atoms with van der Waals surface area (Å²) in [5.41, 5.74) is 6.65. The largest absolute Gasteiger partial charge is 0.462 e. The van der Waals surface area contributed by atoms with Crippen LogP contribution in [-0.2, 0) is 25.8 Å². The summed E-state index contributed by atoms with van der Waals surface area (Å²) in [5, 5.41) is 15.8. The van der Waals surface area contributed by atoms with Crippen molar-refractivity contribution < 1.29 is 4.74 Å². The van der Waals surface area contributed by atoms with Crippen LogP contribution in [0.4, 0.5) is 11.5 Å². The average molecular weight is 538 g/mol. The van der Waals surface area contributed by atoms with Gasteiger partial charge in [0.1, 0.15) is 12.4 Å². The average Bonchev–Trinajstić information content (AvgIpc) is 3.64. The quantitative estimate of drug-likeness (QED) is 0.508. The van der Waals surface area contributed by atoms with Gasteiger partial charge >= 0.3 is 6.01 Å². The number of likely N-dealkylation sites (tertiary alicyclic amines) is 1. The standard InChI is InChI=1S/C32H39N7O/c1-37-16-4-7-25(37)21-40-32-35-28-20-38(29-9-3-6-23-11-10-22-5-2-8-26(22)30(23)29)17-13-27(28)31(36-32)39-18-15-34-19-24(39)12-14-33/h3,6,9-11,24-25,34H,2,4-5,7-8,12-13,15-21H2,1H3/t24?,25-/m0/s1. The van der Waals surface area contributed by atoms with Crippen molar-refractivity contribution in [1.29, 1.82) is 5.26 Å². The number of hydrogen-bond acceptors (Lipinski definition) is 8. The first-order chi connectivity index (χ1) is 19.7. The monoisotopic (exact) mass is 537 g/mol. The Hall–Kier alpha value is -3.41. The maximum absolute atomic E-state index is 9.55. The maximum atomic E-state index is 9.55. The summed E-state index contributed by atoms with van der Waals surface area (Å²) in [4.78, 5) is 17.3. The Morgan fingerprint density at radius 2 is 1.98 bits per heavy atom. The molecule has 8 heteroatoms. The number of nitrogens with one attached hydrogen (secondary N) is 1. The summed E-state index contributed by atoms with van der Waals surface area (Å²) in [6.07, 6.45) is 7.30. The van der Waals surface area contributed by atoms with Gasteiger partial charge in [-0.1, -0.05) is 24.3 Å². The number of fused-ring (bicyclic) bond motifs is 4. The molecule has 0 radical (unpaired) electrons. The van der Waals surface area contributed by atoms with Crippen molar-refractivity contribution in [3.8, 4) is 12.1 Å². The molecule has 3 aromatic rings. The Balaban J connectivity index is 1.25. The minimum Gasteiger partial charge on any atom is -0.462 e. The predicted molar refractivity (Wildman–Crippen MR) is 158 cm³/mol. The number of ether oxygens (including phenoxy) is 1. The lowest BCUT2D eigenvalue weighted by Crippen LogP contribution is -2.52. The number of nitrogens with zero attached hydrogens (tertiary/aromatic N) is 6. The Morgan fingerprint density at radius 1 is 1.02 bits per heavy atom. The van der Waals surface area contributed by atoms with E-state index in [1.165, 1.54) is 52.4 Å². The van der Waals surface area contributed by atoms with E-state index in [4.69, 9.17) is 14.7 Å². The Kier molecular flexibility index (Phi) is 6.94. The van der Waals surface area contributed by atoms with Crippen molar-refractivity contribution in [1.82, 2.24) is 20.2 Å². The molecule has 1 unspecified atom stereocenters. The number of aryl methyl sites for hydroxylation is 2. The Morgan fingerprint density at radius 3 is 2.85 bits per heavy atom. The molecule has 0 amide bonds. The Labute approximate surface area is 236 Å². The SMILES string of the molecule is CN1CCC[C@H]1COc1nc2c(c(N3CCNCC3CC#N)n1)CCN(c1cccc3ccc4c(c13)CCC4)C2. The van der Waals surface area contributed by atoms with Crippen molar-refractivity contribution >= 4 is 22.3 Å². The minimum absolute atomic E-state index is 0.102. The van der Waals surface area contributed by atoms with Crippen LogP contribution in [0.15, 0.2) is 30.3 Å². The van der Waals surface area contributed by atoms with Crippen LogP contribution < -0.4 is 19.9 Å². The van der Waals surface area contributed by atoms with Crippen LogP contribution >= 0.6 is 0 Å². The zero-order valence-electron chi connectivity index (χ0n) is 23.5. The van der Waals surface area contributed by atoms with Crippen LogP contribution in [0.2, 0.25) is 0 Å². The fourth-order valence-corrected chi connectivity index (χ4v) is 7.30. The summed E-state index contributed by atoms with van der Waals surface area (Å²) >= 11 is 0. The first-order valence-electron chi connectivity index (χ1n) is 15.0. The fraction of sp³-hybridized carbons (Fsp3) is 0.531. The number of nitriles is 1. The van der Waals surface area contributed by atoms with Gasteiger partial charge in [-0.3, -0.25) is 0 Å². The summed E-state index contributed by atoms with van der Waals surface area (Å²) in [5.74, 6) is 0.972. The zero-order valence-corrected chi connectivity index (χ0v) is 23.5. The van der Waals surface area contributed by atoms with E-state index < -0.39 is 0 Å². The van der Waals surface area contributed by atoms with E-state index in [9.17, 15) is 5.26 Å². The molecule has 7 rings (SSSR count). The molecule has 0 saturated carbocycles. The van der Waals surface area contributed by atoms with E-state index in [0.29, 0.717) is 25.1 Å². The van der Waals surface area contributed by atoms with Crippen LogP contribution in [0.3, 0.4) is 0 Å². The van der Waals surface area contributed by atoms with Gasteiger partial charge < -0.3 is 24.8 Å². The van der Waals surface area contributed by atoms with E-state index in [-0.39, 0.29) is 6.04 Å². The number of anilines is 2. The van der Waals surface area contributed by atoms with Gasteiger partial charge in [-0.2, -0.15) is 15.2 Å². The molecule has 2 aromatic carbocycles. The van der Waals surface area contributed by atoms with Crippen LogP contribution in [0.1, 0.15) is 48.1 Å². The summed E-state index contributed by atoms with van der Waals surface area (Å²) < 4.78 is 6.34. The number of aromatic nitrogens is 2. The van der Waals surface area contributed by atoms with Gasteiger partial charge in [0.05, 0.1) is 30.8 Å². The van der Waals surface area contributed by atoms with E-state index >= 15 is 0 Å². The van der Waals surface area contributed by atoms with Crippen LogP contribution in [0.25, 0.3) is 10.8 Å². The summed E-state index contributed by atoms with van der Waals surface area (Å²) in [6.45, 7) is 5.90. The second-order valence-corrected chi connectivity index (χ2v) is 11.9. The number of hydrogen-bond donors (Lipinski definition) is 1. The van der Waals surface area contributed by atoms with Crippen molar-refractivity contribution in [3.63, 3.8) is 0 Å². The van der Waals surface area contributed by atoms with Gasteiger partial charge in [0.15, 0.2) is 0 Å². The van der Waals surface area contributed by atoms with Crippen LogP contribution in [-0.4, -0.2) is 73.3 Å². The lowest BCUT2D eigenvalue weighted by atomic mass is 9.97. The van der Waals surface area contributed by atoms with Crippen LogP contribution in [0.5, 0.6) is 6.01 Å². The highest BCUT2D eigenvalue weighted by atomic mass is 16.5. The molecule has 8 nitrogen and oxygen atoms in total. The minimum atomic E-state index is 0.102. The third-order valence-corrected chi connectivity index (χ3v) is 9.49. The first kappa shape index (κ1) is 25.6. The number of benzene rings is 2. The lowest BCUT2D eigenvalue weighted by Gasteiger charge is -2.39. The highest BCUT2D eigenvalue weighted by molar-refractivity contribution is 5.98. The van der Waals surface area contributed by atoms with Gasteiger partial charge in [-0.15, -0.1) is 0 Å². The second kappa shape index (κ2) is 10.9. The highest BCUT2D eigenvalue weighted by Gasteiger charge is 2.32. The molecule has 2 saturated heterocycles. The molecule has 2 atom stereocenters. The predicted octanol–water partition coefficient (Wildman–Crippen LogP) is 3.85. The zero-order chi connectivity index (χ0) is 27.1. The van der Waals surface area contributed by atoms with Gasteiger partial charge in [0.25, 0.3) is 0 Å². The molecule has 0 bridgehead atoms. The third-order valence-electron chi connectivity index (χ3n) is 9.49. The van der Waals surface area contributed by atoms with Gasteiger partial charge in [0, 0.05) is 48.9 Å². The number of piperazine rings is 1. The van der Waals surface area contributed by atoms with Crippen molar-refractivity contribution in [2.75, 3.05) is 56.2 Å².